The van der Waals surface area contributed by atoms with Gasteiger partial charge >= 0.3 is 0 Å². The second-order valence-electron chi connectivity index (χ2n) is 3.37. The Balaban J connectivity index is 3.21. The topological polar surface area (TPSA) is 36.9 Å². The smallest absolute Gasteiger partial charge is 0.135 e. The Morgan fingerprint density at radius 1 is 1.39 bits per heavy atom. The number of hydroxylamine groups is 2. The molecule has 0 saturated carbocycles. The zero-order valence-electron chi connectivity index (χ0n) is 10.4. The molecule has 98 valence electrons. The summed E-state index contributed by atoms with van der Waals surface area (Å²) in [6, 6.07) is 3.65. The molecule has 0 aliphatic rings. The van der Waals surface area contributed by atoms with Crippen molar-refractivity contribution in [1.82, 2.24) is 10.5 Å². The van der Waals surface area contributed by atoms with Gasteiger partial charge in [0.2, 0.25) is 0 Å². The summed E-state index contributed by atoms with van der Waals surface area (Å²) in [7, 11) is 3.03. The minimum Gasteiger partial charge on any atom is -0.278 e. The summed E-state index contributed by atoms with van der Waals surface area (Å²) in [5.41, 5.74) is 2.53. The molecule has 0 spiro atoms. The highest BCUT2D eigenvalue weighted by Crippen LogP contribution is 2.20. The molecule has 0 saturated heterocycles. The van der Waals surface area contributed by atoms with Crippen LogP contribution in [-0.2, 0) is 4.84 Å². The number of hydrogen-bond acceptors (Lipinski definition) is 4. The molecule has 1 N–H and O–H groups in total. The lowest BCUT2D eigenvalue weighted by Gasteiger charge is -2.15. The molecule has 1 rings (SSSR count). The molecule has 6 heteroatoms. The van der Waals surface area contributed by atoms with E-state index in [1.54, 1.807) is 14.0 Å². The first-order valence-corrected chi connectivity index (χ1v) is 5.27. The zero-order chi connectivity index (χ0) is 13.5. The van der Waals surface area contributed by atoms with Crippen molar-refractivity contribution in [3.8, 4) is 0 Å². The number of benzene rings is 1. The average molecular weight is 255 g/mol. The Hall–Kier alpha value is -1.95. The normalized spacial score (nSPS) is 11.9. The Labute approximate surface area is 105 Å². The Kier molecular flexibility index (Phi) is 5.26. The summed E-state index contributed by atoms with van der Waals surface area (Å²) in [4.78, 5) is 4.88. The second-order valence-corrected chi connectivity index (χ2v) is 3.37. The summed E-state index contributed by atoms with van der Waals surface area (Å²) < 4.78 is 27.3. The molecule has 0 atom stereocenters. The fourth-order valence-electron chi connectivity index (χ4n) is 1.27. The van der Waals surface area contributed by atoms with Crippen molar-refractivity contribution in [2.75, 3.05) is 14.2 Å². The van der Waals surface area contributed by atoms with Crippen LogP contribution in [0.15, 0.2) is 29.5 Å². The summed E-state index contributed by atoms with van der Waals surface area (Å²) in [6.07, 6.45) is 2.87. The largest absolute Gasteiger partial charge is 0.278 e. The molecule has 0 bridgehead atoms. The molecule has 0 heterocycles. The number of rotatable bonds is 5. The summed E-state index contributed by atoms with van der Waals surface area (Å²) in [5.74, 6) is -1.35. The molecule has 0 fully saturated rings. The third kappa shape index (κ3) is 3.53. The van der Waals surface area contributed by atoms with E-state index in [0.717, 1.165) is 0 Å². The van der Waals surface area contributed by atoms with Crippen LogP contribution in [0.4, 0.5) is 8.78 Å². The van der Waals surface area contributed by atoms with E-state index < -0.39 is 11.6 Å². The van der Waals surface area contributed by atoms with Crippen LogP contribution in [0, 0.1) is 11.6 Å². The Bertz CT molecular complexity index is 440. The predicted molar refractivity (Wildman–Crippen MR) is 66.4 cm³/mol. The molecule has 18 heavy (non-hydrogen) atoms. The van der Waals surface area contributed by atoms with Crippen molar-refractivity contribution in [3.63, 3.8) is 0 Å². The number of hydrogen-bond donors (Lipinski definition) is 1. The van der Waals surface area contributed by atoms with Crippen molar-refractivity contribution >= 4 is 11.9 Å². The number of nitrogens with zero attached hydrogens (tertiary/aromatic N) is 2. The van der Waals surface area contributed by atoms with Gasteiger partial charge in [0.1, 0.15) is 11.6 Å². The average Bonchev–Trinajstić information content (AvgIpc) is 2.35. The van der Waals surface area contributed by atoms with Gasteiger partial charge in [-0.25, -0.2) is 8.78 Å². The van der Waals surface area contributed by atoms with Crippen molar-refractivity contribution in [2.45, 2.75) is 6.92 Å². The van der Waals surface area contributed by atoms with Gasteiger partial charge in [0.05, 0.1) is 24.6 Å². The van der Waals surface area contributed by atoms with Gasteiger partial charge in [-0.1, -0.05) is 6.07 Å². The monoisotopic (exact) mass is 255 g/mol. The van der Waals surface area contributed by atoms with E-state index in [9.17, 15) is 8.78 Å². The van der Waals surface area contributed by atoms with Crippen molar-refractivity contribution in [1.29, 1.82) is 0 Å². The van der Waals surface area contributed by atoms with Gasteiger partial charge in [-0.3, -0.25) is 15.3 Å². The minimum atomic E-state index is -0.676. The molecule has 1 aromatic carbocycles. The quantitative estimate of drug-likeness (QED) is 0.648. The van der Waals surface area contributed by atoms with Gasteiger partial charge < -0.3 is 0 Å². The second kappa shape index (κ2) is 6.70. The van der Waals surface area contributed by atoms with Crippen LogP contribution in [0.2, 0.25) is 0 Å². The molecule has 1 aromatic rings. The fraction of sp³-hybridized carbons (Fsp3) is 0.250. The fourth-order valence-corrected chi connectivity index (χ4v) is 1.27. The van der Waals surface area contributed by atoms with Crippen LogP contribution < -0.4 is 5.43 Å². The molecule has 0 aromatic heterocycles. The van der Waals surface area contributed by atoms with Gasteiger partial charge in [-0.2, -0.15) is 5.10 Å². The van der Waals surface area contributed by atoms with Crippen molar-refractivity contribution in [2.24, 2.45) is 5.10 Å². The first kappa shape index (κ1) is 14.1. The highest BCUT2D eigenvalue weighted by molar-refractivity contribution is 5.65. The molecular weight excluding hydrogens is 240 g/mol. The van der Waals surface area contributed by atoms with E-state index in [0.29, 0.717) is 0 Å². The molecule has 0 aliphatic heterocycles. The van der Waals surface area contributed by atoms with E-state index in [4.69, 9.17) is 4.84 Å². The summed E-state index contributed by atoms with van der Waals surface area (Å²) >= 11 is 0. The Morgan fingerprint density at radius 3 is 2.50 bits per heavy atom. The maximum atomic E-state index is 13.7. The van der Waals surface area contributed by atoms with Crippen LogP contribution in [-0.4, -0.2) is 25.4 Å². The number of nitrogens with one attached hydrogen (secondary N) is 1. The number of halogens is 2. The van der Waals surface area contributed by atoms with Gasteiger partial charge in [-0.15, -0.1) is 0 Å². The van der Waals surface area contributed by atoms with E-state index in [1.807, 2.05) is 0 Å². The molecule has 0 radical (unpaired) electrons. The van der Waals surface area contributed by atoms with Crippen molar-refractivity contribution in [3.05, 3.63) is 41.6 Å². The van der Waals surface area contributed by atoms with Crippen LogP contribution in [0.5, 0.6) is 0 Å². The Morgan fingerprint density at radius 2 is 2.00 bits per heavy atom. The maximum Gasteiger partial charge on any atom is 0.135 e. The minimum absolute atomic E-state index is 0.160. The standard InChI is InChI=1S/C12H15F2N3O/c1-4-15-16-11(8-17(2)18-3)12-9(13)6-5-7-10(12)14/h4-8,16H,1-3H3/b11-8-,15-4-. The third-order valence-corrected chi connectivity index (χ3v) is 2.15. The zero-order valence-corrected chi connectivity index (χ0v) is 10.4. The molecular formula is C12H15F2N3O. The van der Waals surface area contributed by atoms with Gasteiger partial charge in [0, 0.05) is 13.3 Å². The van der Waals surface area contributed by atoms with Gasteiger partial charge in [-0.05, 0) is 19.1 Å². The summed E-state index contributed by atoms with van der Waals surface area (Å²) in [6.45, 7) is 1.68. The van der Waals surface area contributed by atoms with Crippen molar-refractivity contribution < 1.29 is 13.6 Å². The van der Waals surface area contributed by atoms with Crippen LogP contribution >= 0.6 is 0 Å². The van der Waals surface area contributed by atoms with E-state index in [-0.39, 0.29) is 11.3 Å². The van der Waals surface area contributed by atoms with E-state index in [2.05, 4.69) is 10.5 Å². The van der Waals surface area contributed by atoms with E-state index in [1.165, 1.54) is 42.8 Å². The first-order chi connectivity index (χ1) is 8.60. The third-order valence-electron chi connectivity index (χ3n) is 2.15. The lowest BCUT2D eigenvalue weighted by atomic mass is 10.1. The summed E-state index contributed by atoms with van der Waals surface area (Å²) in [5, 5.41) is 5.06. The van der Waals surface area contributed by atoms with Gasteiger partial charge in [0.15, 0.2) is 0 Å². The maximum absolute atomic E-state index is 13.7. The molecule has 0 amide bonds. The van der Waals surface area contributed by atoms with Crippen LogP contribution in [0.1, 0.15) is 12.5 Å². The van der Waals surface area contributed by atoms with Gasteiger partial charge in [0.25, 0.3) is 0 Å². The highest BCUT2D eigenvalue weighted by Gasteiger charge is 2.14. The number of hydrazone groups is 1. The van der Waals surface area contributed by atoms with E-state index >= 15 is 0 Å². The first-order valence-electron chi connectivity index (χ1n) is 5.27. The molecule has 4 nitrogen and oxygen atoms in total. The molecule has 0 aliphatic carbocycles. The predicted octanol–water partition coefficient (Wildman–Crippen LogP) is 2.35. The SMILES string of the molecule is C/C=N\N/C(=C\N(C)OC)c1c(F)cccc1F. The van der Waals surface area contributed by atoms with Crippen LogP contribution in [0.3, 0.4) is 0 Å². The lowest BCUT2D eigenvalue weighted by molar-refractivity contribution is -0.0642. The lowest BCUT2D eigenvalue weighted by Crippen LogP contribution is -2.15. The highest BCUT2D eigenvalue weighted by atomic mass is 19.1. The van der Waals surface area contributed by atoms with Crippen LogP contribution in [0.25, 0.3) is 5.70 Å². The molecule has 0 unspecified atom stereocenters.